The standard InChI is InChI=1S/C11H17NO2/c1-9(2,7-12)11-5-4-10(3,14-11)8(13)6-11/h8,13H,4-6H2,1-3H3. The van der Waals surface area contributed by atoms with Crippen molar-refractivity contribution in [2.24, 2.45) is 5.41 Å². The van der Waals surface area contributed by atoms with Gasteiger partial charge in [0.2, 0.25) is 0 Å². The van der Waals surface area contributed by atoms with Gasteiger partial charge in [0.1, 0.15) is 0 Å². The highest BCUT2D eigenvalue weighted by Gasteiger charge is 2.64. The summed E-state index contributed by atoms with van der Waals surface area (Å²) in [4.78, 5) is 0. The number of nitriles is 1. The van der Waals surface area contributed by atoms with E-state index in [1.54, 1.807) is 0 Å². The minimum atomic E-state index is -0.512. The van der Waals surface area contributed by atoms with Crippen LogP contribution in [-0.2, 0) is 4.74 Å². The van der Waals surface area contributed by atoms with Crippen molar-refractivity contribution < 1.29 is 9.84 Å². The van der Waals surface area contributed by atoms with Gasteiger partial charge in [0, 0.05) is 6.42 Å². The third-order valence-electron chi connectivity index (χ3n) is 4.10. The molecule has 2 rings (SSSR count). The summed E-state index contributed by atoms with van der Waals surface area (Å²) in [5.74, 6) is 0. The predicted molar refractivity (Wildman–Crippen MR) is 51.5 cm³/mol. The van der Waals surface area contributed by atoms with Gasteiger partial charge in [-0.15, -0.1) is 0 Å². The van der Waals surface area contributed by atoms with Crippen LogP contribution in [0.2, 0.25) is 0 Å². The summed E-state index contributed by atoms with van der Waals surface area (Å²) in [6.45, 7) is 5.74. The zero-order chi connectivity index (χ0) is 10.6. The van der Waals surface area contributed by atoms with Crippen LogP contribution in [-0.4, -0.2) is 22.4 Å². The fourth-order valence-electron chi connectivity index (χ4n) is 2.70. The molecule has 0 spiro atoms. The third kappa shape index (κ3) is 0.986. The van der Waals surface area contributed by atoms with Crippen LogP contribution in [0.3, 0.4) is 0 Å². The molecular formula is C11H17NO2. The highest BCUT2D eigenvalue weighted by Crippen LogP contribution is 2.57. The van der Waals surface area contributed by atoms with Crippen LogP contribution in [0.25, 0.3) is 0 Å². The second-order valence-electron chi connectivity index (χ2n) is 5.37. The molecule has 3 atom stereocenters. The van der Waals surface area contributed by atoms with E-state index in [2.05, 4.69) is 6.07 Å². The summed E-state index contributed by atoms with van der Waals surface area (Å²) in [6, 6.07) is 2.30. The van der Waals surface area contributed by atoms with Crippen molar-refractivity contribution in [3.8, 4) is 6.07 Å². The van der Waals surface area contributed by atoms with E-state index >= 15 is 0 Å². The molecule has 2 saturated heterocycles. The first-order chi connectivity index (χ1) is 6.35. The molecule has 3 unspecified atom stereocenters. The second kappa shape index (κ2) is 2.50. The smallest absolute Gasteiger partial charge is 0.0922 e. The fourth-order valence-corrected chi connectivity index (χ4v) is 2.70. The number of fused-ring (bicyclic) bond motifs is 2. The van der Waals surface area contributed by atoms with Gasteiger partial charge in [-0.2, -0.15) is 5.26 Å². The van der Waals surface area contributed by atoms with E-state index in [1.807, 2.05) is 20.8 Å². The molecule has 2 fully saturated rings. The molecule has 3 heteroatoms. The first kappa shape index (κ1) is 9.95. The molecule has 2 heterocycles. The van der Waals surface area contributed by atoms with Gasteiger partial charge in [-0.05, 0) is 33.6 Å². The molecule has 0 aliphatic carbocycles. The molecule has 78 valence electrons. The first-order valence-electron chi connectivity index (χ1n) is 5.15. The number of hydrogen-bond acceptors (Lipinski definition) is 3. The van der Waals surface area contributed by atoms with E-state index in [1.165, 1.54) is 0 Å². The Hall–Kier alpha value is -0.590. The number of aliphatic hydroxyl groups is 1. The molecule has 2 aliphatic heterocycles. The maximum Gasteiger partial charge on any atom is 0.0922 e. The lowest BCUT2D eigenvalue weighted by Gasteiger charge is -2.36. The Bertz CT molecular complexity index is 307. The molecule has 0 saturated carbocycles. The van der Waals surface area contributed by atoms with Gasteiger partial charge in [0.25, 0.3) is 0 Å². The summed E-state index contributed by atoms with van der Waals surface area (Å²) in [5, 5.41) is 19.0. The van der Waals surface area contributed by atoms with Crippen LogP contribution in [0.4, 0.5) is 0 Å². The average molecular weight is 195 g/mol. The molecular weight excluding hydrogens is 178 g/mol. The molecule has 0 amide bonds. The van der Waals surface area contributed by atoms with Gasteiger partial charge in [0.15, 0.2) is 0 Å². The second-order valence-corrected chi connectivity index (χ2v) is 5.37. The predicted octanol–water partition coefficient (Wildman–Crippen LogP) is 1.61. The lowest BCUT2D eigenvalue weighted by molar-refractivity contribution is -0.0960. The molecule has 0 aromatic heterocycles. The molecule has 3 nitrogen and oxygen atoms in total. The molecule has 0 aromatic rings. The minimum Gasteiger partial charge on any atom is -0.390 e. The number of aliphatic hydroxyl groups excluding tert-OH is 1. The van der Waals surface area contributed by atoms with Gasteiger partial charge < -0.3 is 9.84 Å². The third-order valence-corrected chi connectivity index (χ3v) is 4.10. The SMILES string of the molecule is CC12CCC(C(C)(C)C#N)(CC1O)O2. The Morgan fingerprint density at radius 1 is 1.50 bits per heavy atom. The van der Waals surface area contributed by atoms with Gasteiger partial charge >= 0.3 is 0 Å². The quantitative estimate of drug-likeness (QED) is 0.691. The Labute approximate surface area is 84.7 Å². The van der Waals surface area contributed by atoms with Gasteiger partial charge in [-0.3, -0.25) is 0 Å². The number of rotatable bonds is 1. The Kier molecular flexibility index (Phi) is 1.78. The average Bonchev–Trinajstić information content (AvgIpc) is 2.57. The summed E-state index contributed by atoms with van der Waals surface area (Å²) < 4.78 is 5.94. The topological polar surface area (TPSA) is 53.2 Å². The van der Waals surface area contributed by atoms with E-state index in [-0.39, 0.29) is 0 Å². The van der Waals surface area contributed by atoms with Crippen molar-refractivity contribution in [1.29, 1.82) is 5.26 Å². The highest BCUT2D eigenvalue weighted by molar-refractivity contribution is 5.18. The lowest BCUT2D eigenvalue weighted by Crippen LogP contribution is -2.42. The summed E-state index contributed by atoms with van der Waals surface area (Å²) in [6.07, 6.45) is 1.94. The number of hydrogen-bond donors (Lipinski definition) is 1. The summed E-state index contributed by atoms with van der Waals surface area (Å²) >= 11 is 0. The fraction of sp³-hybridized carbons (Fsp3) is 0.909. The summed E-state index contributed by atoms with van der Waals surface area (Å²) in [5.41, 5.74) is -1.34. The van der Waals surface area contributed by atoms with Gasteiger partial charge in [0.05, 0.1) is 28.8 Å². The molecule has 2 aliphatic rings. The van der Waals surface area contributed by atoms with E-state index < -0.39 is 22.7 Å². The van der Waals surface area contributed by atoms with Crippen LogP contribution in [0.15, 0.2) is 0 Å². The molecule has 2 bridgehead atoms. The maximum absolute atomic E-state index is 9.87. The maximum atomic E-state index is 9.87. The van der Waals surface area contributed by atoms with E-state index in [4.69, 9.17) is 10.00 Å². The molecule has 1 N–H and O–H groups in total. The lowest BCUT2D eigenvalue weighted by atomic mass is 9.68. The molecule has 0 aromatic carbocycles. The van der Waals surface area contributed by atoms with Crippen molar-refractivity contribution in [1.82, 2.24) is 0 Å². The normalized spacial score (nSPS) is 46.6. The van der Waals surface area contributed by atoms with Crippen molar-refractivity contribution in [2.45, 2.75) is 57.3 Å². The van der Waals surface area contributed by atoms with Gasteiger partial charge in [-0.25, -0.2) is 0 Å². The first-order valence-corrected chi connectivity index (χ1v) is 5.15. The van der Waals surface area contributed by atoms with Crippen LogP contribution in [0.1, 0.15) is 40.0 Å². The Morgan fingerprint density at radius 2 is 2.14 bits per heavy atom. The molecule has 14 heavy (non-hydrogen) atoms. The Morgan fingerprint density at radius 3 is 2.50 bits per heavy atom. The highest BCUT2D eigenvalue weighted by atomic mass is 16.6. The zero-order valence-corrected chi connectivity index (χ0v) is 9.00. The largest absolute Gasteiger partial charge is 0.390 e. The van der Waals surface area contributed by atoms with Crippen molar-refractivity contribution in [2.75, 3.05) is 0 Å². The van der Waals surface area contributed by atoms with Crippen LogP contribution in [0, 0.1) is 16.7 Å². The van der Waals surface area contributed by atoms with Crippen molar-refractivity contribution in [3.63, 3.8) is 0 Å². The van der Waals surface area contributed by atoms with Gasteiger partial charge in [-0.1, -0.05) is 0 Å². The van der Waals surface area contributed by atoms with Crippen LogP contribution >= 0.6 is 0 Å². The van der Waals surface area contributed by atoms with Crippen molar-refractivity contribution >= 4 is 0 Å². The van der Waals surface area contributed by atoms with E-state index in [9.17, 15) is 5.11 Å². The zero-order valence-electron chi connectivity index (χ0n) is 9.00. The summed E-state index contributed by atoms with van der Waals surface area (Å²) in [7, 11) is 0. The number of ether oxygens (including phenoxy) is 1. The Balaban J connectivity index is 2.35. The minimum absolute atomic E-state index is 0.409. The van der Waals surface area contributed by atoms with Crippen molar-refractivity contribution in [3.05, 3.63) is 0 Å². The number of nitrogens with zero attached hydrogens (tertiary/aromatic N) is 1. The monoisotopic (exact) mass is 195 g/mol. The van der Waals surface area contributed by atoms with Crippen LogP contribution in [0.5, 0.6) is 0 Å². The van der Waals surface area contributed by atoms with Crippen LogP contribution < -0.4 is 0 Å². The van der Waals surface area contributed by atoms with E-state index in [0.717, 1.165) is 12.8 Å². The van der Waals surface area contributed by atoms with E-state index in [0.29, 0.717) is 6.42 Å². The molecule has 0 radical (unpaired) electrons.